The SMILES string of the molecule is Cc1nn(C2CCS(=O)(=O)C2)c(C)c1CN(C)Cn1nc(C)c2ccccc2c1=O. The van der Waals surface area contributed by atoms with Gasteiger partial charge < -0.3 is 0 Å². The fourth-order valence-corrected chi connectivity index (χ4v) is 5.99. The predicted octanol–water partition coefficient (Wildman–Crippen LogP) is 1.97. The molecular formula is C21H27N5O3S. The Kier molecular flexibility index (Phi) is 5.27. The first-order chi connectivity index (χ1) is 14.2. The van der Waals surface area contributed by atoms with E-state index in [4.69, 9.17) is 0 Å². The maximum absolute atomic E-state index is 12.8. The zero-order valence-electron chi connectivity index (χ0n) is 17.8. The minimum atomic E-state index is -2.97. The standard InChI is InChI=1S/C21H27N5O3S/c1-14-18-7-5-6-8-19(18)21(27)25(22-14)13-24(4)11-20-15(2)23-26(16(20)3)17-9-10-30(28,29)12-17/h5-8,17H,9-13H2,1-4H3. The lowest BCUT2D eigenvalue weighted by molar-refractivity contribution is 0.239. The van der Waals surface area contributed by atoms with E-state index in [1.807, 2.05) is 61.7 Å². The maximum atomic E-state index is 12.8. The van der Waals surface area contributed by atoms with E-state index in [9.17, 15) is 13.2 Å². The Morgan fingerprint density at radius 3 is 2.47 bits per heavy atom. The summed E-state index contributed by atoms with van der Waals surface area (Å²) < 4.78 is 27.1. The van der Waals surface area contributed by atoms with Crippen LogP contribution in [0.5, 0.6) is 0 Å². The van der Waals surface area contributed by atoms with Crippen LogP contribution < -0.4 is 5.56 Å². The molecule has 1 saturated heterocycles. The fourth-order valence-electron chi connectivity index (χ4n) is 4.30. The van der Waals surface area contributed by atoms with Crippen molar-refractivity contribution >= 4 is 20.6 Å². The highest BCUT2D eigenvalue weighted by atomic mass is 32.2. The summed E-state index contributed by atoms with van der Waals surface area (Å²) in [7, 11) is -1.03. The molecule has 1 atom stereocenters. The summed E-state index contributed by atoms with van der Waals surface area (Å²) in [5.74, 6) is 0.376. The van der Waals surface area contributed by atoms with E-state index in [0.717, 1.165) is 28.0 Å². The summed E-state index contributed by atoms with van der Waals surface area (Å²) in [6.07, 6.45) is 0.606. The van der Waals surface area contributed by atoms with Gasteiger partial charge in [0.25, 0.3) is 5.56 Å². The molecule has 2 aromatic heterocycles. The number of hydrogen-bond donors (Lipinski definition) is 0. The third kappa shape index (κ3) is 3.79. The minimum absolute atomic E-state index is 0.0971. The highest BCUT2D eigenvalue weighted by molar-refractivity contribution is 7.91. The van der Waals surface area contributed by atoms with Gasteiger partial charge in [-0.15, -0.1) is 0 Å². The lowest BCUT2D eigenvalue weighted by atomic mass is 10.1. The number of aromatic nitrogens is 4. The van der Waals surface area contributed by atoms with Crippen LogP contribution in [0.1, 0.15) is 35.1 Å². The molecule has 0 bridgehead atoms. The Morgan fingerprint density at radius 1 is 1.10 bits per heavy atom. The Hall–Kier alpha value is -2.52. The van der Waals surface area contributed by atoms with E-state index in [2.05, 4.69) is 10.2 Å². The van der Waals surface area contributed by atoms with E-state index in [1.165, 1.54) is 4.68 Å². The van der Waals surface area contributed by atoms with E-state index in [-0.39, 0.29) is 23.1 Å². The molecule has 0 saturated carbocycles. The summed E-state index contributed by atoms with van der Waals surface area (Å²) >= 11 is 0. The van der Waals surface area contributed by atoms with Gasteiger partial charge in [0.05, 0.1) is 41.0 Å². The van der Waals surface area contributed by atoms with Crippen molar-refractivity contribution in [1.82, 2.24) is 24.5 Å². The monoisotopic (exact) mass is 429 g/mol. The van der Waals surface area contributed by atoms with Crippen molar-refractivity contribution in [2.24, 2.45) is 0 Å². The zero-order chi connectivity index (χ0) is 21.6. The van der Waals surface area contributed by atoms with Crippen molar-refractivity contribution in [2.75, 3.05) is 18.6 Å². The van der Waals surface area contributed by atoms with Gasteiger partial charge in [-0.25, -0.2) is 13.1 Å². The molecule has 3 aromatic rings. The second-order valence-corrected chi connectivity index (χ2v) is 10.5. The van der Waals surface area contributed by atoms with Crippen molar-refractivity contribution < 1.29 is 8.42 Å². The number of fused-ring (bicyclic) bond motifs is 1. The average Bonchev–Trinajstić information content (AvgIpc) is 3.19. The smallest absolute Gasteiger partial charge is 0.275 e. The molecule has 1 aliphatic heterocycles. The molecule has 160 valence electrons. The van der Waals surface area contributed by atoms with E-state index in [1.54, 1.807) is 0 Å². The first-order valence-electron chi connectivity index (χ1n) is 10.1. The second kappa shape index (κ2) is 7.63. The molecule has 0 amide bonds. The molecule has 4 rings (SSSR count). The normalized spacial score (nSPS) is 18.5. The first-order valence-corrected chi connectivity index (χ1v) is 11.9. The first kappa shape index (κ1) is 20.7. The van der Waals surface area contributed by atoms with Crippen LogP contribution in [0.4, 0.5) is 0 Å². The molecule has 3 heterocycles. The van der Waals surface area contributed by atoms with Crippen molar-refractivity contribution in [1.29, 1.82) is 0 Å². The van der Waals surface area contributed by atoms with Gasteiger partial charge in [0.1, 0.15) is 0 Å². The predicted molar refractivity (Wildman–Crippen MR) is 116 cm³/mol. The Balaban J connectivity index is 1.57. The summed E-state index contributed by atoms with van der Waals surface area (Å²) in [5, 5.41) is 10.7. The number of rotatable bonds is 5. The summed E-state index contributed by atoms with van der Waals surface area (Å²) in [6.45, 7) is 6.79. The molecule has 1 aliphatic rings. The van der Waals surface area contributed by atoms with Gasteiger partial charge >= 0.3 is 0 Å². The summed E-state index contributed by atoms with van der Waals surface area (Å²) in [6, 6.07) is 7.42. The lowest BCUT2D eigenvalue weighted by Crippen LogP contribution is -2.32. The van der Waals surface area contributed by atoms with Crippen molar-refractivity contribution in [2.45, 2.75) is 46.4 Å². The minimum Gasteiger partial charge on any atom is -0.283 e. The molecule has 1 unspecified atom stereocenters. The molecule has 9 heteroatoms. The van der Waals surface area contributed by atoms with Crippen LogP contribution in [-0.2, 0) is 23.1 Å². The van der Waals surface area contributed by atoms with Crippen LogP contribution >= 0.6 is 0 Å². The molecule has 0 spiro atoms. The zero-order valence-corrected chi connectivity index (χ0v) is 18.6. The van der Waals surface area contributed by atoms with Gasteiger partial charge in [-0.3, -0.25) is 14.4 Å². The number of nitrogens with zero attached hydrogens (tertiary/aromatic N) is 5. The van der Waals surface area contributed by atoms with Crippen LogP contribution in [0, 0.1) is 20.8 Å². The molecule has 1 fully saturated rings. The van der Waals surface area contributed by atoms with Gasteiger partial charge in [-0.1, -0.05) is 18.2 Å². The maximum Gasteiger partial charge on any atom is 0.275 e. The van der Waals surface area contributed by atoms with Crippen molar-refractivity contribution in [3.05, 3.63) is 57.3 Å². The van der Waals surface area contributed by atoms with Gasteiger partial charge in [0.2, 0.25) is 0 Å². The highest BCUT2D eigenvalue weighted by Gasteiger charge is 2.31. The molecule has 8 nitrogen and oxygen atoms in total. The molecule has 30 heavy (non-hydrogen) atoms. The fraction of sp³-hybridized carbons (Fsp3) is 0.476. The van der Waals surface area contributed by atoms with E-state index >= 15 is 0 Å². The van der Waals surface area contributed by atoms with E-state index in [0.29, 0.717) is 25.0 Å². The molecule has 0 radical (unpaired) electrons. The number of sulfone groups is 1. The topological polar surface area (TPSA) is 90.1 Å². The third-order valence-corrected chi connectivity index (χ3v) is 7.64. The molecule has 0 aliphatic carbocycles. The Labute approximate surface area is 176 Å². The lowest BCUT2D eigenvalue weighted by Gasteiger charge is -2.19. The Bertz CT molecular complexity index is 1280. The number of hydrogen-bond acceptors (Lipinski definition) is 6. The molecule has 0 N–H and O–H groups in total. The van der Waals surface area contributed by atoms with E-state index < -0.39 is 9.84 Å². The van der Waals surface area contributed by atoms with Crippen molar-refractivity contribution in [3.63, 3.8) is 0 Å². The Morgan fingerprint density at radius 2 is 1.80 bits per heavy atom. The van der Waals surface area contributed by atoms with Crippen LogP contribution in [0.25, 0.3) is 10.8 Å². The van der Waals surface area contributed by atoms with Crippen LogP contribution in [0.15, 0.2) is 29.1 Å². The molecule has 1 aromatic carbocycles. The van der Waals surface area contributed by atoms with Crippen LogP contribution in [0.3, 0.4) is 0 Å². The van der Waals surface area contributed by atoms with Crippen LogP contribution in [0.2, 0.25) is 0 Å². The quantitative estimate of drug-likeness (QED) is 0.616. The highest BCUT2D eigenvalue weighted by Crippen LogP contribution is 2.27. The largest absolute Gasteiger partial charge is 0.283 e. The second-order valence-electron chi connectivity index (χ2n) is 8.24. The average molecular weight is 430 g/mol. The van der Waals surface area contributed by atoms with Gasteiger partial charge in [0, 0.05) is 23.2 Å². The van der Waals surface area contributed by atoms with Gasteiger partial charge in [-0.2, -0.15) is 10.2 Å². The van der Waals surface area contributed by atoms with Gasteiger partial charge in [0.15, 0.2) is 9.84 Å². The third-order valence-electron chi connectivity index (χ3n) is 5.88. The van der Waals surface area contributed by atoms with Crippen LogP contribution in [-0.4, -0.2) is 51.4 Å². The van der Waals surface area contributed by atoms with Crippen molar-refractivity contribution in [3.8, 4) is 0 Å². The van der Waals surface area contributed by atoms with Gasteiger partial charge in [-0.05, 0) is 40.3 Å². The molecular weight excluding hydrogens is 402 g/mol. The summed E-state index contributed by atoms with van der Waals surface area (Å²) in [4.78, 5) is 14.9. The summed E-state index contributed by atoms with van der Waals surface area (Å²) in [5.41, 5.74) is 3.65. The number of aryl methyl sites for hydroxylation is 2. The number of benzene rings is 1.